The van der Waals surface area contributed by atoms with E-state index in [1.54, 1.807) is 36.4 Å². The van der Waals surface area contributed by atoms with E-state index >= 15 is 0 Å². The zero-order valence-electron chi connectivity index (χ0n) is 15.8. The van der Waals surface area contributed by atoms with Crippen molar-refractivity contribution in [2.45, 2.75) is 45.4 Å². The number of nitrogens with zero attached hydrogens (tertiary/aromatic N) is 1. The van der Waals surface area contributed by atoms with Crippen molar-refractivity contribution in [1.29, 1.82) is 0 Å². The molecule has 27 heavy (non-hydrogen) atoms. The van der Waals surface area contributed by atoms with E-state index < -0.39 is 6.04 Å². The molecule has 146 valence electrons. The Balaban J connectivity index is 2.14. The minimum absolute atomic E-state index is 0.0972. The molecule has 0 spiro atoms. The van der Waals surface area contributed by atoms with Gasteiger partial charge in [0.2, 0.25) is 11.8 Å². The Kier molecular flexibility index (Phi) is 7.55. The molecule has 0 aromatic heterocycles. The van der Waals surface area contributed by atoms with Crippen LogP contribution in [0.5, 0.6) is 0 Å². The van der Waals surface area contributed by atoms with Gasteiger partial charge in [0, 0.05) is 31.1 Å². The summed E-state index contributed by atoms with van der Waals surface area (Å²) in [4.78, 5) is 38.9. The molecule has 0 saturated carbocycles. The first-order valence-electron chi connectivity index (χ1n) is 9.19. The zero-order chi connectivity index (χ0) is 19.8. The average Bonchev–Trinajstić information content (AvgIpc) is 3.09. The molecule has 7 heteroatoms. The van der Waals surface area contributed by atoms with E-state index in [9.17, 15) is 14.4 Å². The zero-order valence-corrected chi connectivity index (χ0v) is 15.8. The molecule has 1 aromatic rings. The maximum absolute atomic E-state index is 12.9. The van der Waals surface area contributed by atoms with E-state index in [4.69, 9.17) is 5.11 Å². The van der Waals surface area contributed by atoms with Crippen LogP contribution in [-0.4, -0.2) is 52.9 Å². The molecule has 0 aliphatic carbocycles. The third kappa shape index (κ3) is 5.40. The second-order valence-corrected chi connectivity index (χ2v) is 6.50. The maximum atomic E-state index is 12.9. The molecule has 0 radical (unpaired) electrons. The highest BCUT2D eigenvalue weighted by molar-refractivity contribution is 5.98. The first kappa shape index (κ1) is 20.6. The van der Waals surface area contributed by atoms with Crippen LogP contribution in [0.1, 0.15) is 42.6 Å². The Morgan fingerprint density at radius 2 is 1.96 bits per heavy atom. The lowest BCUT2D eigenvalue weighted by Gasteiger charge is -2.23. The number of hydrogen-bond acceptors (Lipinski definition) is 4. The number of likely N-dealkylation sites (tertiary alicyclic amines) is 1. The fraction of sp³-hybridized carbons (Fsp3) is 0.450. The molecule has 1 aromatic carbocycles. The van der Waals surface area contributed by atoms with Crippen molar-refractivity contribution in [3.8, 4) is 0 Å². The summed E-state index contributed by atoms with van der Waals surface area (Å²) < 4.78 is 0. The minimum Gasteiger partial charge on any atom is -0.392 e. The highest BCUT2D eigenvalue weighted by atomic mass is 16.3. The van der Waals surface area contributed by atoms with Crippen LogP contribution >= 0.6 is 0 Å². The summed E-state index contributed by atoms with van der Waals surface area (Å²) in [5.74, 6) is -0.613. The fourth-order valence-electron chi connectivity index (χ4n) is 3.14. The van der Waals surface area contributed by atoms with Crippen LogP contribution in [0.25, 0.3) is 0 Å². The van der Waals surface area contributed by atoms with Crippen molar-refractivity contribution in [2.24, 2.45) is 0 Å². The van der Waals surface area contributed by atoms with Crippen LogP contribution in [0.2, 0.25) is 0 Å². The number of nitrogens with one attached hydrogen (secondary N) is 2. The Hall–Kier alpha value is -2.67. The van der Waals surface area contributed by atoms with Gasteiger partial charge in [-0.1, -0.05) is 24.3 Å². The standard InChI is InChI=1S/C20H27N3O4/c1-3-5-6-18(25)22-16-11-17(19(26)21-4-2)23(12-16)20(27)15-9-7-14(13-24)8-10-15/h3,5,7-10,16-17,24H,4,6,11-13H2,1-2H3,(H,21,26)(H,22,25). The van der Waals surface area contributed by atoms with Crippen LogP contribution in [0.4, 0.5) is 0 Å². The molecule has 1 heterocycles. The minimum atomic E-state index is -0.623. The van der Waals surface area contributed by atoms with Gasteiger partial charge in [-0.25, -0.2) is 0 Å². The topological polar surface area (TPSA) is 98.7 Å². The summed E-state index contributed by atoms with van der Waals surface area (Å²) in [6, 6.07) is 5.75. The molecule has 1 aliphatic heterocycles. The highest BCUT2D eigenvalue weighted by Gasteiger charge is 2.40. The van der Waals surface area contributed by atoms with E-state index in [1.807, 2.05) is 13.8 Å². The largest absolute Gasteiger partial charge is 0.392 e. The molecule has 2 atom stereocenters. The van der Waals surface area contributed by atoms with E-state index in [2.05, 4.69) is 10.6 Å². The fourth-order valence-corrected chi connectivity index (χ4v) is 3.14. The average molecular weight is 373 g/mol. The van der Waals surface area contributed by atoms with E-state index in [-0.39, 0.29) is 43.3 Å². The highest BCUT2D eigenvalue weighted by Crippen LogP contribution is 2.21. The number of aliphatic hydroxyl groups excluding tert-OH is 1. The summed E-state index contributed by atoms with van der Waals surface area (Å²) >= 11 is 0. The molecular weight excluding hydrogens is 346 g/mol. The van der Waals surface area contributed by atoms with Gasteiger partial charge in [0.1, 0.15) is 6.04 Å². The number of benzene rings is 1. The number of carbonyl (C=O) groups excluding carboxylic acids is 3. The SMILES string of the molecule is CC=CCC(=O)NC1CC(C(=O)NCC)N(C(=O)c2ccc(CO)cc2)C1. The van der Waals surface area contributed by atoms with Gasteiger partial charge in [0.25, 0.3) is 5.91 Å². The number of amides is 3. The molecule has 0 bridgehead atoms. The van der Waals surface area contributed by atoms with Gasteiger partial charge in [0.05, 0.1) is 6.61 Å². The van der Waals surface area contributed by atoms with Gasteiger partial charge in [-0.3, -0.25) is 14.4 Å². The first-order chi connectivity index (χ1) is 13.0. The van der Waals surface area contributed by atoms with Crippen LogP contribution in [0, 0.1) is 0 Å². The second-order valence-electron chi connectivity index (χ2n) is 6.50. The number of likely N-dealkylation sites (N-methyl/N-ethyl adjacent to an activating group) is 1. The summed E-state index contributed by atoms with van der Waals surface area (Å²) in [5, 5.41) is 14.8. The van der Waals surface area contributed by atoms with Gasteiger partial charge in [-0.05, 0) is 38.0 Å². The Labute approximate surface area is 159 Å². The van der Waals surface area contributed by atoms with Crippen molar-refractivity contribution in [3.05, 3.63) is 47.5 Å². The summed E-state index contributed by atoms with van der Waals surface area (Å²) in [7, 11) is 0. The molecular formula is C20H27N3O4. The number of allylic oxidation sites excluding steroid dienone is 1. The maximum Gasteiger partial charge on any atom is 0.254 e. The summed E-state index contributed by atoms with van der Waals surface area (Å²) in [6.45, 7) is 4.32. The monoisotopic (exact) mass is 373 g/mol. The summed E-state index contributed by atoms with van der Waals surface area (Å²) in [5.41, 5.74) is 1.16. The van der Waals surface area contributed by atoms with Crippen LogP contribution in [0.15, 0.2) is 36.4 Å². The molecule has 2 unspecified atom stereocenters. The lowest BCUT2D eigenvalue weighted by molar-refractivity contribution is -0.125. The van der Waals surface area contributed by atoms with E-state index in [1.165, 1.54) is 4.90 Å². The Morgan fingerprint density at radius 1 is 1.26 bits per heavy atom. The quantitative estimate of drug-likeness (QED) is 0.621. The lowest BCUT2D eigenvalue weighted by Crippen LogP contribution is -2.46. The second kappa shape index (κ2) is 9.87. The Morgan fingerprint density at radius 3 is 2.56 bits per heavy atom. The molecule has 2 rings (SSSR count). The number of hydrogen-bond donors (Lipinski definition) is 3. The predicted molar refractivity (Wildman–Crippen MR) is 102 cm³/mol. The van der Waals surface area contributed by atoms with Gasteiger partial charge < -0.3 is 20.6 Å². The van der Waals surface area contributed by atoms with Gasteiger partial charge in [-0.15, -0.1) is 0 Å². The van der Waals surface area contributed by atoms with Gasteiger partial charge in [0.15, 0.2) is 0 Å². The number of rotatable bonds is 7. The van der Waals surface area contributed by atoms with Gasteiger partial charge in [-0.2, -0.15) is 0 Å². The van der Waals surface area contributed by atoms with Crippen molar-refractivity contribution >= 4 is 17.7 Å². The molecule has 3 amide bonds. The predicted octanol–water partition coefficient (Wildman–Crippen LogP) is 0.980. The lowest BCUT2D eigenvalue weighted by atomic mass is 10.1. The molecule has 1 fully saturated rings. The smallest absolute Gasteiger partial charge is 0.254 e. The molecule has 3 N–H and O–H groups in total. The number of carbonyl (C=O) groups is 3. The third-order valence-electron chi connectivity index (χ3n) is 4.50. The third-order valence-corrected chi connectivity index (χ3v) is 4.50. The van der Waals surface area contributed by atoms with Crippen molar-refractivity contribution < 1.29 is 19.5 Å². The normalized spacial score (nSPS) is 19.3. The van der Waals surface area contributed by atoms with E-state index in [0.29, 0.717) is 24.1 Å². The first-order valence-corrected chi connectivity index (χ1v) is 9.19. The molecule has 1 aliphatic rings. The Bertz CT molecular complexity index is 700. The van der Waals surface area contributed by atoms with Crippen LogP contribution < -0.4 is 10.6 Å². The van der Waals surface area contributed by atoms with Gasteiger partial charge >= 0.3 is 0 Å². The van der Waals surface area contributed by atoms with Crippen LogP contribution in [-0.2, 0) is 16.2 Å². The molecule has 1 saturated heterocycles. The summed E-state index contributed by atoms with van der Waals surface area (Å²) in [6.07, 6.45) is 4.22. The van der Waals surface area contributed by atoms with Crippen molar-refractivity contribution in [1.82, 2.24) is 15.5 Å². The van der Waals surface area contributed by atoms with Crippen molar-refractivity contribution in [3.63, 3.8) is 0 Å². The number of aliphatic hydroxyl groups is 1. The molecule has 7 nitrogen and oxygen atoms in total. The van der Waals surface area contributed by atoms with Crippen molar-refractivity contribution in [2.75, 3.05) is 13.1 Å². The van der Waals surface area contributed by atoms with E-state index in [0.717, 1.165) is 0 Å². The van der Waals surface area contributed by atoms with Crippen LogP contribution in [0.3, 0.4) is 0 Å².